The van der Waals surface area contributed by atoms with Crippen molar-refractivity contribution in [1.29, 1.82) is 0 Å². The van der Waals surface area contributed by atoms with Crippen molar-refractivity contribution in [2.24, 2.45) is 5.92 Å². The molecule has 7 heteroatoms. The summed E-state index contributed by atoms with van der Waals surface area (Å²) in [5.41, 5.74) is 4.15. The van der Waals surface area contributed by atoms with Crippen LogP contribution >= 0.6 is 0 Å². The molecule has 0 saturated heterocycles. The fourth-order valence-electron chi connectivity index (χ4n) is 4.26. The number of fused-ring (bicyclic) bond motifs is 2. The summed E-state index contributed by atoms with van der Waals surface area (Å²) in [4.78, 5) is 18.0. The van der Waals surface area contributed by atoms with E-state index in [2.05, 4.69) is 17.1 Å². The number of pyridine rings is 1. The fraction of sp³-hybridized carbons (Fsp3) is 0.333. The van der Waals surface area contributed by atoms with E-state index < -0.39 is 0 Å². The van der Waals surface area contributed by atoms with Crippen LogP contribution in [-0.4, -0.2) is 21.2 Å². The smallest absolute Gasteiger partial charge is 0.339 e. The lowest BCUT2D eigenvalue weighted by molar-refractivity contribution is 0.0439. The van der Waals surface area contributed by atoms with Crippen LogP contribution in [0, 0.1) is 19.8 Å². The Hall–Kier alpha value is -3.48. The third-order valence-corrected chi connectivity index (χ3v) is 5.77. The van der Waals surface area contributed by atoms with Crippen molar-refractivity contribution in [2.45, 2.75) is 46.6 Å². The molecule has 7 nitrogen and oxygen atoms in total. The first-order valence-electron chi connectivity index (χ1n) is 10.5. The van der Waals surface area contributed by atoms with E-state index in [1.165, 1.54) is 0 Å². The predicted octanol–water partition coefficient (Wildman–Crippen LogP) is 4.98. The lowest BCUT2D eigenvalue weighted by Gasteiger charge is -2.24. The summed E-state index contributed by atoms with van der Waals surface area (Å²) >= 11 is 0. The van der Waals surface area contributed by atoms with Gasteiger partial charge in [0.05, 0.1) is 16.6 Å². The molecule has 0 N–H and O–H groups in total. The van der Waals surface area contributed by atoms with Gasteiger partial charge in [0.2, 0.25) is 0 Å². The summed E-state index contributed by atoms with van der Waals surface area (Å²) in [6.45, 7) is 5.80. The first-order chi connectivity index (χ1) is 15.0. The van der Waals surface area contributed by atoms with Crippen LogP contribution in [-0.2, 0) is 24.2 Å². The van der Waals surface area contributed by atoms with Gasteiger partial charge in [0.15, 0.2) is 6.61 Å². The predicted molar refractivity (Wildman–Crippen MR) is 114 cm³/mol. The number of nitrogens with zero attached hydrogens (tertiary/aromatic N) is 3. The highest BCUT2D eigenvalue weighted by molar-refractivity contribution is 6.05. The second kappa shape index (κ2) is 7.65. The molecule has 4 aromatic rings. The topological polar surface area (TPSA) is 91.2 Å². The molecule has 0 unspecified atom stereocenters. The minimum absolute atomic E-state index is 0.0946. The lowest BCUT2D eigenvalue weighted by Crippen LogP contribution is -2.19. The maximum Gasteiger partial charge on any atom is 0.339 e. The largest absolute Gasteiger partial charge is 0.466 e. The Morgan fingerprint density at radius 3 is 2.84 bits per heavy atom. The van der Waals surface area contributed by atoms with E-state index in [0.717, 1.165) is 52.7 Å². The van der Waals surface area contributed by atoms with Crippen molar-refractivity contribution in [3.05, 3.63) is 64.6 Å². The Morgan fingerprint density at radius 1 is 1.19 bits per heavy atom. The highest BCUT2D eigenvalue weighted by Crippen LogP contribution is 2.32. The van der Waals surface area contributed by atoms with Crippen molar-refractivity contribution in [3.63, 3.8) is 0 Å². The molecule has 0 fully saturated rings. The number of benzene rings is 1. The van der Waals surface area contributed by atoms with E-state index in [0.29, 0.717) is 23.1 Å². The molecule has 0 spiro atoms. The molecule has 1 aromatic carbocycles. The summed E-state index contributed by atoms with van der Waals surface area (Å²) in [7, 11) is 0. The van der Waals surface area contributed by atoms with Crippen LogP contribution in [0.25, 0.3) is 22.4 Å². The van der Waals surface area contributed by atoms with Crippen molar-refractivity contribution in [3.8, 4) is 11.5 Å². The average molecular weight is 417 g/mol. The van der Waals surface area contributed by atoms with E-state index in [1.807, 2.05) is 44.2 Å². The number of hydrogen-bond donors (Lipinski definition) is 0. The molecule has 0 radical (unpaired) electrons. The second-order valence-electron chi connectivity index (χ2n) is 8.18. The fourth-order valence-corrected chi connectivity index (χ4v) is 4.26. The Balaban J connectivity index is 1.43. The van der Waals surface area contributed by atoms with Crippen LogP contribution in [0.2, 0.25) is 0 Å². The molecule has 5 rings (SSSR count). The van der Waals surface area contributed by atoms with Gasteiger partial charge in [0.1, 0.15) is 11.5 Å². The number of esters is 1. The van der Waals surface area contributed by atoms with Gasteiger partial charge in [-0.15, -0.1) is 10.2 Å². The van der Waals surface area contributed by atoms with Gasteiger partial charge in [0, 0.05) is 11.1 Å². The highest BCUT2D eigenvalue weighted by Gasteiger charge is 2.26. The van der Waals surface area contributed by atoms with E-state index in [9.17, 15) is 4.79 Å². The monoisotopic (exact) mass is 417 g/mol. The van der Waals surface area contributed by atoms with E-state index in [1.54, 1.807) is 0 Å². The first kappa shape index (κ1) is 19.5. The molecule has 31 heavy (non-hydrogen) atoms. The van der Waals surface area contributed by atoms with Crippen molar-refractivity contribution >= 4 is 16.9 Å². The third kappa shape index (κ3) is 3.60. The van der Waals surface area contributed by atoms with Crippen LogP contribution < -0.4 is 0 Å². The highest BCUT2D eigenvalue weighted by atomic mass is 16.5. The average Bonchev–Trinajstić information content (AvgIpc) is 3.35. The molecule has 1 atom stereocenters. The number of aromatic nitrogens is 3. The number of rotatable bonds is 4. The molecule has 3 aromatic heterocycles. The minimum atomic E-state index is -0.390. The lowest BCUT2D eigenvalue weighted by atomic mass is 9.84. The quantitative estimate of drug-likeness (QED) is 0.433. The number of aryl methyl sites for hydroxylation is 3. The number of carbonyl (C=O) groups is 1. The Labute approximate surface area is 179 Å². The molecule has 0 aliphatic heterocycles. The number of furan rings is 1. The van der Waals surface area contributed by atoms with Gasteiger partial charge in [-0.25, -0.2) is 4.79 Å². The van der Waals surface area contributed by atoms with Gasteiger partial charge < -0.3 is 13.6 Å². The molecule has 0 amide bonds. The van der Waals surface area contributed by atoms with Crippen LogP contribution in [0.1, 0.15) is 52.4 Å². The summed E-state index contributed by atoms with van der Waals surface area (Å²) in [5.74, 6) is 2.17. The van der Waals surface area contributed by atoms with Gasteiger partial charge in [-0.2, -0.15) is 0 Å². The summed E-state index contributed by atoms with van der Waals surface area (Å²) in [5, 5.41) is 8.90. The van der Waals surface area contributed by atoms with Gasteiger partial charge in [0.25, 0.3) is 11.8 Å². The number of ether oxygens (including phenoxy) is 1. The van der Waals surface area contributed by atoms with Crippen molar-refractivity contribution in [1.82, 2.24) is 15.2 Å². The van der Waals surface area contributed by atoms with Crippen molar-refractivity contribution in [2.75, 3.05) is 0 Å². The summed E-state index contributed by atoms with van der Waals surface area (Å²) in [6, 6.07) is 9.55. The maximum absolute atomic E-state index is 13.2. The van der Waals surface area contributed by atoms with E-state index in [-0.39, 0.29) is 18.5 Å². The molecular weight excluding hydrogens is 394 g/mol. The third-order valence-electron chi connectivity index (χ3n) is 5.77. The Morgan fingerprint density at radius 2 is 2.03 bits per heavy atom. The normalized spacial score (nSPS) is 15.8. The number of para-hydroxylation sites is 1. The zero-order valence-electron chi connectivity index (χ0n) is 17.8. The van der Waals surface area contributed by atoms with E-state index in [4.69, 9.17) is 18.6 Å². The van der Waals surface area contributed by atoms with E-state index >= 15 is 0 Å². The summed E-state index contributed by atoms with van der Waals surface area (Å²) in [6.07, 6.45) is 2.77. The zero-order chi connectivity index (χ0) is 21.5. The molecule has 0 saturated carbocycles. The van der Waals surface area contributed by atoms with Crippen LogP contribution in [0.15, 0.2) is 39.2 Å². The first-order valence-corrected chi connectivity index (χ1v) is 10.5. The van der Waals surface area contributed by atoms with Crippen LogP contribution in [0.5, 0.6) is 0 Å². The van der Waals surface area contributed by atoms with Gasteiger partial charge in [-0.05, 0) is 56.7 Å². The number of carbonyl (C=O) groups excluding carboxylic acids is 1. The maximum atomic E-state index is 13.2. The Bertz CT molecular complexity index is 1290. The number of hydrogen-bond acceptors (Lipinski definition) is 7. The van der Waals surface area contributed by atoms with Gasteiger partial charge in [-0.3, -0.25) is 4.98 Å². The van der Waals surface area contributed by atoms with Crippen LogP contribution in [0.4, 0.5) is 0 Å². The molecule has 1 aliphatic carbocycles. The van der Waals surface area contributed by atoms with Gasteiger partial charge in [-0.1, -0.05) is 25.1 Å². The standard InChI is InChI=1S/C24H23N3O4/c1-13-8-9-20-18(10-13)22(16-6-4-5-7-19(16)25-20)24(28)29-12-21-26-27-23(31-21)17-11-14(2)30-15(17)3/h4-7,11,13H,8-10,12H2,1-3H3/t13-/m1/s1. The van der Waals surface area contributed by atoms with Crippen molar-refractivity contribution < 1.29 is 18.4 Å². The molecular formula is C24H23N3O4. The van der Waals surface area contributed by atoms with Gasteiger partial charge >= 0.3 is 5.97 Å². The zero-order valence-corrected chi connectivity index (χ0v) is 17.8. The van der Waals surface area contributed by atoms with Crippen LogP contribution in [0.3, 0.4) is 0 Å². The molecule has 1 aliphatic rings. The second-order valence-corrected chi connectivity index (χ2v) is 8.18. The SMILES string of the molecule is Cc1cc(-c2nnc(COC(=O)c3c4c(nc5ccccc35)CC[C@@H](C)C4)o2)c(C)o1. The molecule has 3 heterocycles. The Kier molecular flexibility index (Phi) is 4.81. The molecule has 158 valence electrons. The molecule has 0 bridgehead atoms. The summed E-state index contributed by atoms with van der Waals surface area (Å²) < 4.78 is 16.8. The minimum Gasteiger partial charge on any atom is -0.466 e.